The molecule has 1 heterocycles. The van der Waals surface area contributed by atoms with E-state index in [4.69, 9.17) is 5.11 Å². The largest absolute Gasteiger partial charge is 0.481 e. The summed E-state index contributed by atoms with van der Waals surface area (Å²) in [4.78, 5) is 24.9. The van der Waals surface area contributed by atoms with E-state index in [0.29, 0.717) is 19.4 Å². The summed E-state index contributed by atoms with van der Waals surface area (Å²) in [5, 5.41) is 9.10. The van der Waals surface area contributed by atoms with Gasteiger partial charge in [-0.3, -0.25) is 9.59 Å². The second-order valence-electron chi connectivity index (χ2n) is 6.15. The Labute approximate surface area is 103 Å². The summed E-state index contributed by atoms with van der Waals surface area (Å²) in [5.41, 5.74) is -0.0486. The van der Waals surface area contributed by atoms with Crippen LogP contribution in [0.2, 0.25) is 0 Å². The van der Waals surface area contributed by atoms with Gasteiger partial charge in [-0.2, -0.15) is 0 Å². The van der Waals surface area contributed by atoms with Crippen LogP contribution >= 0.6 is 0 Å². The van der Waals surface area contributed by atoms with E-state index in [1.807, 2.05) is 27.7 Å². The lowest BCUT2D eigenvalue weighted by molar-refractivity contribution is -0.149. The van der Waals surface area contributed by atoms with Crippen molar-refractivity contribution in [3.8, 4) is 0 Å². The number of piperidine rings is 1. The molecule has 1 saturated heterocycles. The minimum absolute atomic E-state index is 0.0486. The number of carboxylic acids is 1. The summed E-state index contributed by atoms with van der Waals surface area (Å²) in [5.74, 6) is -1.12. The lowest BCUT2D eigenvalue weighted by atomic mass is 9.87. The van der Waals surface area contributed by atoms with Crippen molar-refractivity contribution in [2.24, 2.45) is 11.3 Å². The average Bonchev–Trinajstić information content (AvgIpc) is 2.14. The molecule has 1 N–H and O–H groups in total. The maximum Gasteiger partial charge on any atom is 0.308 e. The van der Waals surface area contributed by atoms with Gasteiger partial charge in [0.1, 0.15) is 0 Å². The Morgan fingerprint density at radius 1 is 1.35 bits per heavy atom. The molecule has 1 aliphatic heterocycles. The smallest absolute Gasteiger partial charge is 0.308 e. The Morgan fingerprint density at radius 2 is 1.94 bits per heavy atom. The molecule has 0 bridgehead atoms. The molecule has 4 nitrogen and oxygen atoms in total. The molecule has 0 aromatic rings. The Bertz CT molecular complexity index is 306. The van der Waals surface area contributed by atoms with E-state index < -0.39 is 11.9 Å². The number of aliphatic carboxylic acids is 1. The summed E-state index contributed by atoms with van der Waals surface area (Å²) < 4.78 is 0. The molecule has 1 fully saturated rings. The third-order valence-electron chi connectivity index (χ3n) is 3.31. The van der Waals surface area contributed by atoms with Crippen LogP contribution in [0, 0.1) is 11.3 Å². The fourth-order valence-corrected chi connectivity index (χ4v) is 2.38. The van der Waals surface area contributed by atoms with Gasteiger partial charge in [0.25, 0.3) is 0 Å². The number of carbonyl (C=O) groups is 2. The van der Waals surface area contributed by atoms with Crippen molar-refractivity contribution in [3.63, 3.8) is 0 Å². The van der Waals surface area contributed by atoms with Crippen molar-refractivity contribution in [3.05, 3.63) is 0 Å². The fraction of sp³-hybridized carbons (Fsp3) is 0.846. The molecule has 17 heavy (non-hydrogen) atoms. The minimum atomic E-state index is -0.786. The minimum Gasteiger partial charge on any atom is -0.481 e. The molecule has 4 heteroatoms. The molecule has 0 aromatic carbocycles. The predicted molar refractivity (Wildman–Crippen MR) is 65.6 cm³/mol. The third kappa shape index (κ3) is 3.72. The Balaban J connectivity index is 2.70. The van der Waals surface area contributed by atoms with Gasteiger partial charge in [-0.15, -0.1) is 0 Å². The fourth-order valence-electron chi connectivity index (χ4n) is 2.38. The average molecular weight is 241 g/mol. The molecule has 98 valence electrons. The van der Waals surface area contributed by atoms with Crippen LogP contribution in [0.1, 0.15) is 47.0 Å². The molecule has 1 rings (SSSR count). The maximum atomic E-state index is 12.1. The molecule has 0 unspecified atom stereocenters. The second-order valence-corrected chi connectivity index (χ2v) is 6.15. The standard InChI is InChI=1S/C13H23NO3/c1-9-10(12(16)17)6-5-7-14(9)11(15)8-13(2,3)4/h9-10H,5-8H2,1-4H3,(H,16,17)/t9-,10-/m1/s1. The van der Waals surface area contributed by atoms with Gasteiger partial charge in [-0.1, -0.05) is 20.8 Å². The van der Waals surface area contributed by atoms with Crippen LogP contribution in [-0.4, -0.2) is 34.5 Å². The van der Waals surface area contributed by atoms with Gasteiger partial charge in [-0.25, -0.2) is 0 Å². The number of likely N-dealkylation sites (tertiary alicyclic amines) is 1. The first-order valence-corrected chi connectivity index (χ1v) is 6.24. The molecule has 0 aromatic heterocycles. The first-order valence-electron chi connectivity index (χ1n) is 6.24. The molecule has 0 saturated carbocycles. The van der Waals surface area contributed by atoms with E-state index in [-0.39, 0.29) is 17.4 Å². The van der Waals surface area contributed by atoms with Crippen LogP contribution in [-0.2, 0) is 9.59 Å². The van der Waals surface area contributed by atoms with Crippen LogP contribution in [0.15, 0.2) is 0 Å². The topological polar surface area (TPSA) is 57.6 Å². The van der Waals surface area contributed by atoms with Crippen LogP contribution in [0.3, 0.4) is 0 Å². The number of amides is 1. The molecular formula is C13H23NO3. The van der Waals surface area contributed by atoms with Gasteiger partial charge in [0.05, 0.1) is 5.92 Å². The molecule has 1 amide bonds. The van der Waals surface area contributed by atoms with Crippen LogP contribution in [0.25, 0.3) is 0 Å². The van der Waals surface area contributed by atoms with E-state index >= 15 is 0 Å². The zero-order valence-corrected chi connectivity index (χ0v) is 11.2. The normalized spacial score (nSPS) is 25.8. The van der Waals surface area contributed by atoms with Crippen LogP contribution in [0.4, 0.5) is 0 Å². The van der Waals surface area contributed by atoms with Gasteiger partial charge in [0.15, 0.2) is 0 Å². The predicted octanol–water partition coefficient (Wildman–Crippen LogP) is 2.13. The zero-order chi connectivity index (χ0) is 13.2. The highest BCUT2D eigenvalue weighted by atomic mass is 16.4. The van der Waals surface area contributed by atoms with E-state index in [2.05, 4.69) is 0 Å². The number of carbonyl (C=O) groups excluding carboxylic acids is 1. The third-order valence-corrected chi connectivity index (χ3v) is 3.31. The highest BCUT2D eigenvalue weighted by molar-refractivity contribution is 5.79. The summed E-state index contributed by atoms with van der Waals surface area (Å²) >= 11 is 0. The molecule has 0 aliphatic carbocycles. The SMILES string of the molecule is C[C@@H]1[C@H](C(=O)O)CCCN1C(=O)CC(C)(C)C. The van der Waals surface area contributed by atoms with Gasteiger partial charge < -0.3 is 10.0 Å². The summed E-state index contributed by atoms with van der Waals surface area (Å²) in [6.07, 6.45) is 1.94. The van der Waals surface area contributed by atoms with E-state index in [1.165, 1.54) is 0 Å². The van der Waals surface area contributed by atoms with Crippen LogP contribution in [0.5, 0.6) is 0 Å². The first kappa shape index (κ1) is 14.0. The maximum absolute atomic E-state index is 12.1. The number of nitrogens with zero attached hydrogens (tertiary/aromatic N) is 1. The molecule has 1 aliphatic rings. The Hall–Kier alpha value is -1.06. The Kier molecular flexibility index (Phi) is 4.17. The van der Waals surface area contributed by atoms with Crippen molar-refractivity contribution < 1.29 is 14.7 Å². The molecule has 0 spiro atoms. The summed E-state index contributed by atoms with van der Waals surface area (Å²) in [6, 6.07) is -0.184. The van der Waals surface area contributed by atoms with Crippen molar-refractivity contribution in [1.82, 2.24) is 4.90 Å². The highest BCUT2D eigenvalue weighted by Crippen LogP contribution is 2.27. The quantitative estimate of drug-likeness (QED) is 0.805. The van der Waals surface area contributed by atoms with Gasteiger partial charge in [0.2, 0.25) is 5.91 Å². The Morgan fingerprint density at radius 3 is 2.41 bits per heavy atom. The van der Waals surface area contributed by atoms with Crippen molar-refractivity contribution in [2.75, 3.05) is 6.54 Å². The number of carboxylic acid groups (broad SMARTS) is 1. The number of rotatable bonds is 2. The van der Waals surface area contributed by atoms with Gasteiger partial charge in [-0.05, 0) is 25.2 Å². The highest BCUT2D eigenvalue weighted by Gasteiger charge is 2.36. The van der Waals surface area contributed by atoms with Crippen LogP contribution < -0.4 is 0 Å². The summed E-state index contributed by atoms with van der Waals surface area (Å²) in [6.45, 7) is 8.61. The number of hydrogen-bond donors (Lipinski definition) is 1. The van der Waals surface area contributed by atoms with Crippen molar-refractivity contribution in [1.29, 1.82) is 0 Å². The monoisotopic (exact) mass is 241 g/mol. The zero-order valence-electron chi connectivity index (χ0n) is 11.2. The van der Waals surface area contributed by atoms with E-state index in [1.54, 1.807) is 4.90 Å². The van der Waals surface area contributed by atoms with Gasteiger partial charge in [0, 0.05) is 19.0 Å². The van der Waals surface area contributed by atoms with E-state index in [0.717, 1.165) is 6.42 Å². The molecule has 2 atom stereocenters. The second kappa shape index (κ2) is 5.07. The lowest BCUT2D eigenvalue weighted by Gasteiger charge is -2.38. The molecule has 0 radical (unpaired) electrons. The lowest BCUT2D eigenvalue weighted by Crippen LogP contribution is -2.49. The van der Waals surface area contributed by atoms with Crippen molar-refractivity contribution >= 4 is 11.9 Å². The van der Waals surface area contributed by atoms with Gasteiger partial charge >= 0.3 is 5.97 Å². The first-order chi connectivity index (χ1) is 7.72. The summed E-state index contributed by atoms with van der Waals surface area (Å²) in [7, 11) is 0. The molecular weight excluding hydrogens is 218 g/mol. The number of hydrogen-bond acceptors (Lipinski definition) is 2. The van der Waals surface area contributed by atoms with Crippen molar-refractivity contribution in [2.45, 2.75) is 53.0 Å². The van der Waals surface area contributed by atoms with E-state index in [9.17, 15) is 9.59 Å².